The maximum absolute atomic E-state index is 13.9. The van der Waals surface area contributed by atoms with Crippen LogP contribution in [0.2, 0.25) is 0 Å². The number of carbonyl (C=O) groups is 1. The van der Waals surface area contributed by atoms with Crippen LogP contribution in [0.3, 0.4) is 0 Å². The molecule has 0 aliphatic rings. The summed E-state index contributed by atoms with van der Waals surface area (Å²) in [6.45, 7) is 3.77. The number of carboxylic acid groups (broad SMARTS) is 1. The van der Waals surface area contributed by atoms with Gasteiger partial charge >= 0.3 is 5.97 Å². The van der Waals surface area contributed by atoms with Crippen molar-refractivity contribution in [1.29, 1.82) is 0 Å². The van der Waals surface area contributed by atoms with Gasteiger partial charge in [-0.1, -0.05) is 6.07 Å². The molecule has 0 aliphatic heterocycles. The maximum atomic E-state index is 13.9. The third-order valence-electron chi connectivity index (χ3n) is 3.06. The van der Waals surface area contributed by atoms with Crippen molar-refractivity contribution in [2.24, 2.45) is 0 Å². The Hall–Kier alpha value is -2.42. The average Bonchev–Trinajstić information content (AvgIpc) is 2.92. The first kappa shape index (κ1) is 16.0. The van der Waals surface area contributed by atoms with Crippen molar-refractivity contribution in [3.63, 3.8) is 0 Å². The fraction of sp³-hybridized carbons (Fsp3) is 0.231. The summed E-state index contributed by atoms with van der Waals surface area (Å²) < 4.78 is 41.8. The number of aromatic nitrogens is 2. The molecule has 0 atom stereocenters. The van der Waals surface area contributed by atoms with Crippen LogP contribution in [0.25, 0.3) is 0 Å². The highest BCUT2D eigenvalue weighted by Gasteiger charge is 2.24. The normalized spacial score (nSPS) is 11.4. The summed E-state index contributed by atoms with van der Waals surface area (Å²) in [4.78, 5) is 15.0. The predicted octanol–water partition coefficient (Wildman–Crippen LogP) is 1.85. The third kappa shape index (κ3) is 2.93. The van der Waals surface area contributed by atoms with Crippen molar-refractivity contribution in [1.82, 2.24) is 9.55 Å². The van der Waals surface area contributed by atoms with Crippen LogP contribution in [0.5, 0.6) is 0 Å². The summed E-state index contributed by atoms with van der Waals surface area (Å²) in [6, 6.07) is 2.27. The molecule has 0 aliphatic carbocycles. The largest absolute Gasteiger partial charge is 0.478 e. The zero-order valence-corrected chi connectivity index (χ0v) is 12.7. The van der Waals surface area contributed by atoms with Crippen LogP contribution in [-0.4, -0.2) is 29.0 Å². The molecule has 0 saturated carbocycles. The van der Waals surface area contributed by atoms with Crippen molar-refractivity contribution in [3.8, 4) is 0 Å². The number of rotatable bonds is 5. The molecule has 0 bridgehead atoms. The molecular weight excluding hydrogens is 313 g/mol. The minimum atomic E-state index is -4.18. The highest BCUT2D eigenvalue weighted by Crippen LogP contribution is 2.26. The van der Waals surface area contributed by atoms with E-state index in [0.29, 0.717) is 6.54 Å². The summed E-state index contributed by atoms with van der Waals surface area (Å²) in [5.74, 6) is -2.39. The van der Waals surface area contributed by atoms with E-state index in [4.69, 9.17) is 5.11 Å². The lowest BCUT2D eigenvalue weighted by atomic mass is 10.1. The van der Waals surface area contributed by atoms with E-state index in [-0.39, 0.29) is 10.6 Å². The number of halogens is 1. The lowest BCUT2D eigenvalue weighted by molar-refractivity contribution is 0.0697. The molecule has 0 saturated heterocycles. The Morgan fingerprint density at radius 2 is 2.14 bits per heavy atom. The zero-order chi connectivity index (χ0) is 16.5. The molecule has 1 heterocycles. The van der Waals surface area contributed by atoms with Gasteiger partial charge in [-0.2, -0.15) is 8.42 Å². The molecule has 0 fully saturated rings. The number of aromatic carboxylic acids is 1. The number of carboxylic acids is 1. The summed E-state index contributed by atoms with van der Waals surface area (Å²) >= 11 is 0. The van der Waals surface area contributed by atoms with Gasteiger partial charge in [0.2, 0.25) is 0 Å². The standard InChI is InChI=1S/C13H14FN3O4S/c1-3-17-6-10(15-7-17)22(20,21)16-12-9(14)5-4-8(2)11(12)13(18)19/h4-7,16H,3H2,1-2H3,(H,18,19). The Balaban J connectivity index is 2.50. The molecule has 7 nitrogen and oxygen atoms in total. The highest BCUT2D eigenvalue weighted by molar-refractivity contribution is 7.92. The van der Waals surface area contributed by atoms with E-state index in [2.05, 4.69) is 4.98 Å². The first-order valence-corrected chi connectivity index (χ1v) is 7.81. The molecule has 1 aromatic carbocycles. The van der Waals surface area contributed by atoms with E-state index < -0.39 is 33.1 Å². The Morgan fingerprint density at radius 3 is 2.68 bits per heavy atom. The number of benzene rings is 1. The highest BCUT2D eigenvalue weighted by atomic mass is 32.2. The number of sulfonamides is 1. The molecule has 2 aromatic rings. The van der Waals surface area contributed by atoms with Gasteiger partial charge in [-0.05, 0) is 25.5 Å². The third-order valence-corrected chi connectivity index (χ3v) is 4.30. The zero-order valence-electron chi connectivity index (χ0n) is 11.9. The van der Waals surface area contributed by atoms with Crippen LogP contribution in [0, 0.1) is 12.7 Å². The summed E-state index contributed by atoms with van der Waals surface area (Å²) in [6.07, 6.45) is 2.59. The van der Waals surface area contributed by atoms with Crippen LogP contribution in [0.4, 0.5) is 10.1 Å². The first-order chi connectivity index (χ1) is 10.3. The summed E-state index contributed by atoms with van der Waals surface area (Å²) in [5.41, 5.74) is -0.789. The van der Waals surface area contributed by atoms with E-state index in [1.165, 1.54) is 30.1 Å². The second-order valence-electron chi connectivity index (χ2n) is 4.57. The molecule has 0 amide bonds. The minimum Gasteiger partial charge on any atom is -0.478 e. The van der Waals surface area contributed by atoms with E-state index in [9.17, 15) is 17.6 Å². The van der Waals surface area contributed by atoms with Crippen LogP contribution in [0.15, 0.2) is 29.7 Å². The van der Waals surface area contributed by atoms with Gasteiger partial charge in [0.15, 0.2) is 5.03 Å². The monoisotopic (exact) mass is 327 g/mol. The van der Waals surface area contributed by atoms with Crippen molar-refractivity contribution < 1.29 is 22.7 Å². The molecule has 9 heteroatoms. The van der Waals surface area contributed by atoms with Gasteiger partial charge in [0.1, 0.15) is 5.82 Å². The van der Waals surface area contributed by atoms with Crippen LogP contribution in [0.1, 0.15) is 22.8 Å². The van der Waals surface area contributed by atoms with Gasteiger partial charge in [-0.25, -0.2) is 14.2 Å². The van der Waals surface area contributed by atoms with Crippen molar-refractivity contribution in [2.45, 2.75) is 25.4 Å². The summed E-state index contributed by atoms with van der Waals surface area (Å²) in [7, 11) is -4.18. The maximum Gasteiger partial charge on any atom is 0.338 e. The number of nitrogens with one attached hydrogen (secondary N) is 1. The Bertz CT molecular complexity index is 830. The number of hydrogen-bond acceptors (Lipinski definition) is 4. The van der Waals surface area contributed by atoms with E-state index in [1.54, 1.807) is 6.92 Å². The Labute approximate surface area is 126 Å². The van der Waals surface area contributed by atoms with Crippen LogP contribution in [-0.2, 0) is 16.6 Å². The molecule has 0 radical (unpaired) electrons. The number of imidazole rings is 1. The molecule has 1 aromatic heterocycles. The molecule has 2 N–H and O–H groups in total. The van der Waals surface area contributed by atoms with Gasteiger partial charge in [0.05, 0.1) is 17.6 Å². The van der Waals surface area contributed by atoms with Crippen molar-refractivity contribution in [3.05, 3.63) is 41.6 Å². The number of aryl methyl sites for hydroxylation is 2. The molecule has 118 valence electrons. The molecule has 22 heavy (non-hydrogen) atoms. The lowest BCUT2D eigenvalue weighted by Crippen LogP contribution is -2.18. The number of nitrogens with zero attached hydrogens (tertiary/aromatic N) is 2. The fourth-order valence-electron chi connectivity index (χ4n) is 1.89. The minimum absolute atomic E-state index is 0.241. The van der Waals surface area contributed by atoms with Gasteiger partial charge in [-0.15, -0.1) is 0 Å². The topological polar surface area (TPSA) is 101 Å². The predicted molar refractivity (Wildman–Crippen MR) is 76.8 cm³/mol. The summed E-state index contributed by atoms with van der Waals surface area (Å²) in [5, 5.41) is 8.85. The fourth-order valence-corrected chi connectivity index (χ4v) is 2.93. The average molecular weight is 327 g/mol. The lowest BCUT2D eigenvalue weighted by Gasteiger charge is -2.12. The van der Waals surface area contributed by atoms with Gasteiger partial charge < -0.3 is 9.67 Å². The Kier molecular flexibility index (Phi) is 4.18. The number of anilines is 1. The molecule has 0 spiro atoms. The SMILES string of the molecule is CCn1cnc(S(=O)(=O)Nc2c(F)ccc(C)c2C(=O)O)c1. The van der Waals surface area contributed by atoms with E-state index >= 15 is 0 Å². The molecule has 0 unspecified atom stereocenters. The van der Waals surface area contributed by atoms with Crippen LogP contribution < -0.4 is 4.72 Å². The molecule has 2 rings (SSSR count). The first-order valence-electron chi connectivity index (χ1n) is 6.33. The smallest absolute Gasteiger partial charge is 0.338 e. The van der Waals surface area contributed by atoms with E-state index in [1.807, 2.05) is 4.72 Å². The Morgan fingerprint density at radius 1 is 1.45 bits per heavy atom. The number of hydrogen-bond donors (Lipinski definition) is 2. The van der Waals surface area contributed by atoms with Crippen LogP contribution >= 0.6 is 0 Å². The van der Waals surface area contributed by atoms with Crippen molar-refractivity contribution in [2.75, 3.05) is 4.72 Å². The van der Waals surface area contributed by atoms with E-state index in [0.717, 1.165) is 6.07 Å². The van der Waals surface area contributed by atoms with Crippen molar-refractivity contribution >= 4 is 21.7 Å². The van der Waals surface area contributed by atoms with Gasteiger partial charge in [0.25, 0.3) is 10.0 Å². The quantitative estimate of drug-likeness (QED) is 0.872. The molecular formula is C13H14FN3O4S. The van der Waals surface area contributed by atoms with Gasteiger partial charge in [0, 0.05) is 12.7 Å². The van der Waals surface area contributed by atoms with Gasteiger partial charge in [-0.3, -0.25) is 4.72 Å². The second kappa shape index (κ2) is 5.76. The second-order valence-corrected chi connectivity index (χ2v) is 6.20.